The summed E-state index contributed by atoms with van der Waals surface area (Å²) in [5.41, 5.74) is 0. The molecule has 0 aromatic rings. The first kappa shape index (κ1) is 16.5. The summed E-state index contributed by atoms with van der Waals surface area (Å²) < 4.78 is 0. The van der Waals surface area contributed by atoms with E-state index < -0.39 is 0 Å². The first-order valence-corrected chi connectivity index (χ1v) is 7.31. The van der Waals surface area contributed by atoms with Crippen molar-refractivity contribution in [3.63, 3.8) is 0 Å². The van der Waals surface area contributed by atoms with Gasteiger partial charge in [-0.15, -0.1) is 0 Å². The normalized spacial score (nSPS) is 11.2. The van der Waals surface area contributed by atoms with Crippen LogP contribution in [-0.4, -0.2) is 22.9 Å². The van der Waals surface area contributed by atoms with Crippen molar-refractivity contribution < 1.29 is 4.79 Å². The largest absolute Gasteiger partial charge is 0.338 e. The Bertz CT molecular complexity index is 191. The van der Waals surface area contributed by atoms with Gasteiger partial charge in [-0.2, -0.15) is 0 Å². The van der Waals surface area contributed by atoms with Crippen LogP contribution in [0.15, 0.2) is 0 Å². The molecule has 0 saturated heterocycles. The molecule has 0 aromatic carbocycles. The van der Waals surface area contributed by atoms with Crippen LogP contribution in [0.25, 0.3) is 0 Å². The van der Waals surface area contributed by atoms with Crippen LogP contribution in [0.2, 0.25) is 0 Å². The number of unbranched alkanes of at least 4 members (excludes halogenated alkanes) is 5. The zero-order chi connectivity index (χ0) is 13.3. The summed E-state index contributed by atoms with van der Waals surface area (Å²) in [5.74, 6) is 0.325. The van der Waals surface area contributed by atoms with E-state index in [1.165, 1.54) is 32.1 Å². The fourth-order valence-electron chi connectivity index (χ4n) is 2.36. The molecular weight excluding hydrogens is 210 g/mol. The average molecular weight is 241 g/mol. The molecule has 0 radical (unpaired) electrons. The lowest BCUT2D eigenvalue weighted by molar-refractivity contribution is -0.134. The van der Waals surface area contributed by atoms with Crippen molar-refractivity contribution in [3.05, 3.63) is 0 Å². The Kier molecular flexibility index (Phi) is 9.20. The summed E-state index contributed by atoms with van der Waals surface area (Å²) in [6, 6.07) is 0.644. The standard InChI is InChI=1S/C15H31NO/c1-6-7-8-9-10-11-12-15(17)16(13(2)3)14(4)5/h13-14H,6-12H2,1-5H3. The molecule has 0 aromatic heterocycles. The number of hydrogen-bond donors (Lipinski definition) is 0. The van der Waals surface area contributed by atoms with E-state index in [1.54, 1.807) is 0 Å². The maximum absolute atomic E-state index is 12.0. The highest BCUT2D eigenvalue weighted by molar-refractivity contribution is 5.76. The van der Waals surface area contributed by atoms with Gasteiger partial charge in [-0.3, -0.25) is 4.79 Å². The minimum absolute atomic E-state index is 0.322. The molecule has 0 bridgehead atoms. The van der Waals surface area contributed by atoms with Crippen LogP contribution >= 0.6 is 0 Å². The first-order valence-electron chi connectivity index (χ1n) is 7.31. The van der Waals surface area contributed by atoms with Gasteiger partial charge >= 0.3 is 0 Å². The zero-order valence-electron chi connectivity index (χ0n) is 12.5. The Morgan fingerprint density at radius 3 is 1.82 bits per heavy atom. The van der Waals surface area contributed by atoms with E-state index in [-0.39, 0.29) is 0 Å². The summed E-state index contributed by atoms with van der Waals surface area (Å²) in [6.45, 7) is 10.6. The summed E-state index contributed by atoms with van der Waals surface area (Å²) in [5, 5.41) is 0. The van der Waals surface area contributed by atoms with E-state index >= 15 is 0 Å². The van der Waals surface area contributed by atoms with Crippen LogP contribution in [0.4, 0.5) is 0 Å². The molecule has 0 rings (SSSR count). The predicted octanol–water partition coefficient (Wildman–Crippen LogP) is 4.38. The number of rotatable bonds is 9. The molecule has 2 heteroatoms. The van der Waals surface area contributed by atoms with E-state index in [0.29, 0.717) is 18.0 Å². The fraction of sp³-hybridized carbons (Fsp3) is 0.933. The summed E-state index contributed by atoms with van der Waals surface area (Å²) in [7, 11) is 0. The van der Waals surface area contributed by atoms with E-state index in [9.17, 15) is 4.79 Å². The lowest BCUT2D eigenvalue weighted by Crippen LogP contribution is -2.41. The van der Waals surface area contributed by atoms with Crippen LogP contribution in [0.5, 0.6) is 0 Å². The van der Waals surface area contributed by atoms with Crippen molar-refractivity contribution in [2.75, 3.05) is 0 Å². The second-order valence-corrected chi connectivity index (χ2v) is 5.51. The second-order valence-electron chi connectivity index (χ2n) is 5.51. The van der Waals surface area contributed by atoms with Gasteiger partial charge in [0.1, 0.15) is 0 Å². The Morgan fingerprint density at radius 1 is 0.882 bits per heavy atom. The molecule has 0 atom stereocenters. The smallest absolute Gasteiger partial charge is 0.223 e. The lowest BCUT2D eigenvalue weighted by Gasteiger charge is -2.30. The van der Waals surface area contributed by atoms with E-state index in [2.05, 4.69) is 34.6 Å². The van der Waals surface area contributed by atoms with Crippen molar-refractivity contribution >= 4 is 5.91 Å². The maximum atomic E-state index is 12.0. The highest BCUT2D eigenvalue weighted by Crippen LogP contribution is 2.12. The molecule has 0 unspecified atom stereocenters. The SMILES string of the molecule is CCCCCCCCC(=O)N(C(C)C)C(C)C. The van der Waals surface area contributed by atoms with Crippen LogP contribution in [-0.2, 0) is 4.79 Å². The third kappa shape index (κ3) is 7.40. The Labute approximate surface area is 108 Å². The third-order valence-corrected chi connectivity index (χ3v) is 3.14. The lowest BCUT2D eigenvalue weighted by atomic mass is 10.1. The molecule has 0 aliphatic rings. The number of nitrogens with zero attached hydrogens (tertiary/aromatic N) is 1. The van der Waals surface area contributed by atoms with Crippen LogP contribution in [0.1, 0.15) is 79.6 Å². The van der Waals surface area contributed by atoms with Gasteiger partial charge in [0.15, 0.2) is 0 Å². The highest BCUT2D eigenvalue weighted by atomic mass is 16.2. The van der Waals surface area contributed by atoms with Gasteiger partial charge in [-0.05, 0) is 34.1 Å². The van der Waals surface area contributed by atoms with Crippen molar-refractivity contribution in [2.45, 2.75) is 91.6 Å². The van der Waals surface area contributed by atoms with Crippen molar-refractivity contribution in [2.24, 2.45) is 0 Å². The van der Waals surface area contributed by atoms with Gasteiger partial charge in [-0.25, -0.2) is 0 Å². The fourth-order valence-corrected chi connectivity index (χ4v) is 2.36. The Balaban J connectivity index is 3.76. The third-order valence-electron chi connectivity index (χ3n) is 3.14. The number of hydrogen-bond acceptors (Lipinski definition) is 1. The van der Waals surface area contributed by atoms with Crippen molar-refractivity contribution in [3.8, 4) is 0 Å². The van der Waals surface area contributed by atoms with E-state index in [0.717, 1.165) is 12.8 Å². The summed E-state index contributed by atoms with van der Waals surface area (Å²) in [6.07, 6.45) is 8.20. The van der Waals surface area contributed by atoms with Gasteiger partial charge in [0.25, 0.3) is 0 Å². The average Bonchev–Trinajstić information content (AvgIpc) is 2.22. The molecule has 2 nitrogen and oxygen atoms in total. The molecule has 102 valence electrons. The van der Waals surface area contributed by atoms with Gasteiger partial charge in [0.05, 0.1) is 0 Å². The molecule has 0 heterocycles. The predicted molar refractivity (Wildman–Crippen MR) is 75.1 cm³/mol. The van der Waals surface area contributed by atoms with Gasteiger partial charge < -0.3 is 4.90 Å². The highest BCUT2D eigenvalue weighted by Gasteiger charge is 2.18. The van der Waals surface area contributed by atoms with Crippen molar-refractivity contribution in [1.29, 1.82) is 0 Å². The number of carbonyl (C=O) groups is 1. The molecular formula is C15H31NO. The van der Waals surface area contributed by atoms with Crippen molar-refractivity contribution in [1.82, 2.24) is 4.90 Å². The molecule has 0 N–H and O–H groups in total. The van der Waals surface area contributed by atoms with Gasteiger partial charge in [-0.1, -0.05) is 39.0 Å². The molecule has 0 saturated carbocycles. The quantitative estimate of drug-likeness (QED) is 0.548. The van der Waals surface area contributed by atoms with Gasteiger partial charge in [0, 0.05) is 18.5 Å². The van der Waals surface area contributed by atoms with Crippen LogP contribution < -0.4 is 0 Å². The minimum atomic E-state index is 0.322. The second kappa shape index (κ2) is 9.49. The Morgan fingerprint density at radius 2 is 1.35 bits per heavy atom. The molecule has 17 heavy (non-hydrogen) atoms. The van der Waals surface area contributed by atoms with Crippen LogP contribution in [0, 0.1) is 0 Å². The van der Waals surface area contributed by atoms with Gasteiger partial charge in [0.2, 0.25) is 5.91 Å². The van der Waals surface area contributed by atoms with Crippen LogP contribution in [0.3, 0.4) is 0 Å². The zero-order valence-corrected chi connectivity index (χ0v) is 12.5. The summed E-state index contributed by atoms with van der Waals surface area (Å²) in [4.78, 5) is 14.0. The molecule has 0 spiro atoms. The molecule has 0 aliphatic heterocycles. The molecule has 1 amide bonds. The number of amides is 1. The summed E-state index contributed by atoms with van der Waals surface area (Å²) >= 11 is 0. The first-order chi connectivity index (χ1) is 8.00. The number of carbonyl (C=O) groups excluding carboxylic acids is 1. The minimum Gasteiger partial charge on any atom is -0.338 e. The monoisotopic (exact) mass is 241 g/mol. The van der Waals surface area contributed by atoms with E-state index in [1.807, 2.05) is 4.90 Å². The Hall–Kier alpha value is -0.530. The van der Waals surface area contributed by atoms with E-state index in [4.69, 9.17) is 0 Å². The topological polar surface area (TPSA) is 20.3 Å². The maximum Gasteiger partial charge on any atom is 0.223 e. The molecule has 0 aliphatic carbocycles. The molecule has 0 fully saturated rings.